The third kappa shape index (κ3) is 5.38. The second-order valence-corrected chi connectivity index (χ2v) is 6.56. The van der Waals surface area contributed by atoms with Gasteiger partial charge in [-0.15, -0.1) is 0 Å². The predicted octanol–water partition coefficient (Wildman–Crippen LogP) is 4.74. The highest BCUT2D eigenvalue weighted by Crippen LogP contribution is 2.16. The van der Waals surface area contributed by atoms with Gasteiger partial charge in [0.2, 0.25) is 0 Å². The molecule has 0 saturated carbocycles. The summed E-state index contributed by atoms with van der Waals surface area (Å²) in [5.41, 5.74) is 4.55. The quantitative estimate of drug-likeness (QED) is 0.665. The summed E-state index contributed by atoms with van der Waals surface area (Å²) in [4.78, 5) is 16.8. The van der Waals surface area contributed by atoms with E-state index in [1.54, 1.807) is 30.5 Å². The molecule has 0 fully saturated rings. The lowest BCUT2D eigenvalue weighted by atomic mass is 10.1. The summed E-state index contributed by atoms with van der Waals surface area (Å²) < 4.78 is 12.9. The number of benzene rings is 2. The average molecular weight is 363 g/mol. The summed E-state index contributed by atoms with van der Waals surface area (Å²) in [6.07, 6.45) is 2.34. The van der Waals surface area contributed by atoms with Crippen LogP contribution >= 0.6 is 0 Å². The maximum Gasteiger partial charge on any atom is 0.255 e. The second-order valence-electron chi connectivity index (χ2n) is 6.56. The molecule has 0 aliphatic heterocycles. The fraction of sp³-hybridized carbons (Fsp3) is 0.182. The minimum absolute atomic E-state index is 0.177. The van der Waals surface area contributed by atoms with Crippen LogP contribution < -0.4 is 10.6 Å². The first-order valence-electron chi connectivity index (χ1n) is 8.83. The van der Waals surface area contributed by atoms with Crippen LogP contribution in [-0.4, -0.2) is 17.4 Å². The lowest BCUT2D eigenvalue weighted by Crippen LogP contribution is -2.13. The van der Waals surface area contributed by atoms with E-state index < -0.39 is 0 Å². The van der Waals surface area contributed by atoms with Crippen molar-refractivity contribution in [2.24, 2.45) is 0 Å². The van der Waals surface area contributed by atoms with E-state index in [0.717, 1.165) is 28.8 Å². The smallest absolute Gasteiger partial charge is 0.255 e. The van der Waals surface area contributed by atoms with E-state index >= 15 is 0 Å². The van der Waals surface area contributed by atoms with Gasteiger partial charge in [0, 0.05) is 24.0 Å². The molecule has 0 atom stereocenters. The molecule has 0 unspecified atom stereocenters. The number of halogens is 1. The van der Waals surface area contributed by atoms with Crippen molar-refractivity contribution in [3.63, 3.8) is 0 Å². The number of nitrogens with one attached hydrogen (secondary N) is 2. The first-order valence-corrected chi connectivity index (χ1v) is 8.83. The number of carbonyl (C=O) groups excluding carboxylic acids is 1. The molecule has 2 aromatic carbocycles. The molecule has 0 aliphatic carbocycles. The fourth-order valence-corrected chi connectivity index (χ4v) is 2.90. The van der Waals surface area contributed by atoms with E-state index in [1.165, 1.54) is 12.1 Å². The van der Waals surface area contributed by atoms with Crippen molar-refractivity contribution in [1.82, 2.24) is 4.98 Å². The van der Waals surface area contributed by atoms with Gasteiger partial charge < -0.3 is 10.6 Å². The Labute approximate surface area is 158 Å². The van der Waals surface area contributed by atoms with Crippen LogP contribution in [0.5, 0.6) is 0 Å². The van der Waals surface area contributed by atoms with Crippen LogP contribution in [0.1, 0.15) is 27.0 Å². The number of aromatic nitrogens is 1. The largest absolute Gasteiger partial charge is 0.370 e. The number of hydrogen-bond acceptors (Lipinski definition) is 3. The van der Waals surface area contributed by atoms with Crippen LogP contribution in [0.4, 0.5) is 15.9 Å². The molecule has 4 nitrogen and oxygen atoms in total. The summed E-state index contributed by atoms with van der Waals surface area (Å²) in [6.45, 7) is 4.64. The Morgan fingerprint density at radius 1 is 1.00 bits per heavy atom. The van der Waals surface area contributed by atoms with Gasteiger partial charge in [-0.2, -0.15) is 0 Å². The normalized spacial score (nSPS) is 10.5. The fourth-order valence-electron chi connectivity index (χ4n) is 2.90. The molecule has 1 heterocycles. The van der Waals surface area contributed by atoms with Crippen molar-refractivity contribution in [3.8, 4) is 0 Å². The van der Waals surface area contributed by atoms with Crippen molar-refractivity contribution in [2.75, 3.05) is 17.2 Å². The number of aryl methyl sites for hydroxylation is 2. The highest BCUT2D eigenvalue weighted by molar-refractivity contribution is 6.04. The van der Waals surface area contributed by atoms with Crippen molar-refractivity contribution < 1.29 is 9.18 Å². The molecule has 1 aromatic heterocycles. The van der Waals surface area contributed by atoms with Crippen LogP contribution in [0.15, 0.2) is 60.8 Å². The van der Waals surface area contributed by atoms with E-state index in [1.807, 2.05) is 26.0 Å². The zero-order valence-electron chi connectivity index (χ0n) is 15.4. The minimum atomic E-state index is -0.240. The third-order valence-electron chi connectivity index (χ3n) is 4.13. The van der Waals surface area contributed by atoms with Crippen molar-refractivity contribution in [1.29, 1.82) is 0 Å². The molecule has 27 heavy (non-hydrogen) atoms. The molecule has 2 N–H and O–H groups in total. The molecule has 3 rings (SSSR count). The molecule has 5 heteroatoms. The van der Waals surface area contributed by atoms with E-state index in [0.29, 0.717) is 17.9 Å². The van der Waals surface area contributed by atoms with Crippen LogP contribution in [0.2, 0.25) is 0 Å². The van der Waals surface area contributed by atoms with Gasteiger partial charge in [0.15, 0.2) is 0 Å². The van der Waals surface area contributed by atoms with Gasteiger partial charge in [0.05, 0.1) is 0 Å². The maximum atomic E-state index is 12.9. The van der Waals surface area contributed by atoms with Crippen molar-refractivity contribution >= 4 is 17.4 Å². The van der Waals surface area contributed by atoms with E-state index in [4.69, 9.17) is 0 Å². The van der Waals surface area contributed by atoms with Gasteiger partial charge in [-0.3, -0.25) is 4.79 Å². The van der Waals surface area contributed by atoms with Gasteiger partial charge >= 0.3 is 0 Å². The summed E-state index contributed by atoms with van der Waals surface area (Å²) in [5.74, 6) is 0.213. The molecule has 1 amide bonds. The Morgan fingerprint density at radius 2 is 1.70 bits per heavy atom. The van der Waals surface area contributed by atoms with Gasteiger partial charge in [-0.25, -0.2) is 9.37 Å². The molecule has 0 bridgehead atoms. The number of nitrogens with zero attached hydrogens (tertiary/aromatic N) is 1. The van der Waals surface area contributed by atoms with Gasteiger partial charge in [0.25, 0.3) is 5.91 Å². The molecule has 138 valence electrons. The lowest BCUT2D eigenvalue weighted by Gasteiger charge is -2.10. The van der Waals surface area contributed by atoms with Gasteiger partial charge in [-0.1, -0.05) is 18.2 Å². The number of carbonyl (C=O) groups is 1. The van der Waals surface area contributed by atoms with Gasteiger partial charge in [-0.05, 0) is 73.4 Å². The zero-order valence-corrected chi connectivity index (χ0v) is 15.4. The Morgan fingerprint density at radius 3 is 2.41 bits per heavy atom. The van der Waals surface area contributed by atoms with Crippen LogP contribution in [0.3, 0.4) is 0 Å². The highest BCUT2D eigenvalue weighted by atomic mass is 19.1. The first-order chi connectivity index (χ1) is 13.0. The van der Waals surface area contributed by atoms with E-state index in [-0.39, 0.29) is 11.7 Å². The Kier molecular flexibility index (Phi) is 5.81. The first kappa shape index (κ1) is 18.6. The van der Waals surface area contributed by atoms with Crippen molar-refractivity contribution in [3.05, 3.63) is 88.9 Å². The summed E-state index contributed by atoms with van der Waals surface area (Å²) >= 11 is 0. The lowest BCUT2D eigenvalue weighted by molar-refractivity contribution is 0.102. The van der Waals surface area contributed by atoms with Gasteiger partial charge in [0.1, 0.15) is 11.6 Å². The maximum absolute atomic E-state index is 12.9. The number of anilines is 2. The third-order valence-corrected chi connectivity index (χ3v) is 4.13. The summed E-state index contributed by atoms with van der Waals surface area (Å²) in [5, 5.41) is 6.12. The molecule has 0 saturated heterocycles. The summed E-state index contributed by atoms with van der Waals surface area (Å²) in [7, 11) is 0. The van der Waals surface area contributed by atoms with E-state index in [9.17, 15) is 9.18 Å². The number of rotatable bonds is 6. The Balaban J connectivity index is 1.60. The monoisotopic (exact) mass is 363 g/mol. The number of amides is 1. The molecular weight excluding hydrogens is 341 g/mol. The SMILES string of the molecule is Cc1cc(C)cc(NC(=O)c2ccnc(NCCc3ccc(F)cc3)c2)c1. The summed E-state index contributed by atoms with van der Waals surface area (Å²) in [6, 6.07) is 15.8. The molecule has 0 radical (unpaired) electrons. The second kappa shape index (κ2) is 8.45. The Hall–Kier alpha value is -3.21. The molecular formula is C22H22FN3O. The highest BCUT2D eigenvalue weighted by Gasteiger charge is 2.08. The molecule has 0 aliphatic rings. The number of pyridine rings is 1. The zero-order chi connectivity index (χ0) is 19.2. The van der Waals surface area contributed by atoms with Crippen LogP contribution in [0.25, 0.3) is 0 Å². The van der Waals surface area contributed by atoms with E-state index in [2.05, 4.69) is 21.7 Å². The van der Waals surface area contributed by atoms with Crippen LogP contribution in [0, 0.1) is 19.7 Å². The predicted molar refractivity (Wildman–Crippen MR) is 107 cm³/mol. The molecule has 3 aromatic rings. The standard InChI is InChI=1S/C22H22FN3O/c1-15-11-16(2)13-20(12-15)26-22(27)18-8-10-25-21(14-18)24-9-7-17-3-5-19(23)6-4-17/h3-6,8,10-14H,7,9H2,1-2H3,(H,24,25)(H,26,27). The number of hydrogen-bond donors (Lipinski definition) is 2. The van der Waals surface area contributed by atoms with Crippen molar-refractivity contribution in [2.45, 2.75) is 20.3 Å². The minimum Gasteiger partial charge on any atom is -0.370 e. The topological polar surface area (TPSA) is 54.0 Å². The van der Waals surface area contributed by atoms with Crippen LogP contribution in [-0.2, 0) is 6.42 Å². The molecule has 0 spiro atoms. The Bertz CT molecular complexity index is 918. The average Bonchev–Trinajstić information content (AvgIpc) is 2.63.